The lowest BCUT2D eigenvalue weighted by Gasteiger charge is -2.11. The van der Waals surface area contributed by atoms with E-state index in [9.17, 15) is 13.6 Å². The van der Waals surface area contributed by atoms with Crippen LogP contribution in [-0.4, -0.2) is 11.0 Å². The molecule has 0 aliphatic heterocycles. The van der Waals surface area contributed by atoms with Crippen LogP contribution >= 0.6 is 23.4 Å². The molecule has 1 unspecified atom stereocenters. The molecule has 0 heterocycles. The van der Waals surface area contributed by atoms with Crippen molar-refractivity contribution in [3.8, 4) is 0 Å². The second kappa shape index (κ2) is 6.37. The molecular formula is C15H11ClF2OS. The minimum atomic E-state index is -0.661. The highest BCUT2D eigenvalue weighted by atomic mass is 35.5. The van der Waals surface area contributed by atoms with Crippen LogP contribution in [0, 0.1) is 11.6 Å². The summed E-state index contributed by atoms with van der Waals surface area (Å²) >= 11 is 6.82. The molecule has 0 bridgehead atoms. The Balaban J connectivity index is 2.13. The Morgan fingerprint density at radius 3 is 2.40 bits per heavy atom. The fourth-order valence-corrected chi connectivity index (χ4v) is 2.73. The maximum atomic E-state index is 13.5. The second-order valence-corrected chi connectivity index (χ2v) is 6.03. The molecule has 0 saturated carbocycles. The third-order valence-corrected chi connectivity index (χ3v) is 4.10. The Morgan fingerprint density at radius 2 is 1.80 bits per heavy atom. The van der Waals surface area contributed by atoms with E-state index in [-0.39, 0.29) is 10.7 Å². The molecule has 104 valence electrons. The quantitative estimate of drug-likeness (QED) is 0.585. The molecule has 2 aromatic carbocycles. The monoisotopic (exact) mass is 312 g/mol. The highest BCUT2D eigenvalue weighted by Crippen LogP contribution is 2.28. The molecule has 0 radical (unpaired) electrons. The van der Waals surface area contributed by atoms with Gasteiger partial charge in [0.1, 0.15) is 11.6 Å². The van der Waals surface area contributed by atoms with Crippen LogP contribution in [0.2, 0.25) is 5.02 Å². The van der Waals surface area contributed by atoms with Crippen LogP contribution in [0.3, 0.4) is 0 Å². The van der Waals surface area contributed by atoms with E-state index in [4.69, 9.17) is 11.6 Å². The molecule has 0 spiro atoms. The zero-order valence-electron chi connectivity index (χ0n) is 10.6. The van der Waals surface area contributed by atoms with Crippen LogP contribution in [0.5, 0.6) is 0 Å². The number of halogens is 3. The highest BCUT2D eigenvalue weighted by molar-refractivity contribution is 8.00. The van der Waals surface area contributed by atoms with Crippen LogP contribution in [0.15, 0.2) is 47.4 Å². The first-order valence-electron chi connectivity index (χ1n) is 5.89. The SMILES string of the molecule is CC(Sc1ccc(F)cc1F)C(=O)c1ccc(Cl)cc1. The zero-order valence-corrected chi connectivity index (χ0v) is 12.1. The number of carbonyl (C=O) groups excluding carboxylic acids is 1. The van der Waals surface area contributed by atoms with Gasteiger partial charge in [-0.05, 0) is 43.3 Å². The molecule has 0 aliphatic rings. The van der Waals surface area contributed by atoms with Crippen LogP contribution in [0.1, 0.15) is 17.3 Å². The van der Waals surface area contributed by atoms with Gasteiger partial charge in [-0.15, -0.1) is 11.8 Å². The predicted molar refractivity (Wildman–Crippen MR) is 77.5 cm³/mol. The summed E-state index contributed by atoms with van der Waals surface area (Å²) in [5.74, 6) is -1.43. The topological polar surface area (TPSA) is 17.1 Å². The Kier molecular flexibility index (Phi) is 4.78. The number of benzene rings is 2. The van der Waals surface area contributed by atoms with Crippen molar-refractivity contribution in [3.63, 3.8) is 0 Å². The van der Waals surface area contributed by atoms with E-state index < -0.39 is 16.9 Å². The number of hydrogen-bond acceptors (Lipinski definition) is 2. The third-order valence-electron chi connectivity index (χ3n) is 2.70. The summed E-state index contributed by atoms with van der Waals surface area (Å²) in [6.45, 7) is 1.68. The molecule has 0 amide bonds. The van der Waals surface area contributed by atoms with Gasteiger partial charge in [-0.25, -0.2) is 8.78 Å². The number of Topliss-reactive ketones (excluding diaryl/α,β-unsaturated/α-hetero) is 1. The fourth-order valence-electron chi connectivity index (χ4n) is 1.66. The number of ketones is 1. The smallest absolute Gasteiger partial charge is 0.175 e. The minimum absolute atomic E-state index is 0.129. The van der Waals surface area contributed by atoms with E-state index in [0.717, 1.165) is 17.8 Å². The zero-order chi connectivity index (χ0) is 14.7. The summed E-state index contributed by atoms with van der Waals surface area (Å²) in [6, 6.07) is 9.83. The Hall–Kier alpha value is -1.39. The van der Waals surface area contributed by atoms with Gasteiger partial charge in [0.25, 0.3) is 0 Å². The summed E-state index contributed by atoms with van der Waals surface area (Å²) in [5, 5.41) is 0.0718. The first-order chi connectivity index (χ1) is 9.47. The summed E-state index contributed by atoms with van der Waals surface area (Å²) in [5.41, 5.74) is 0.511. The molecule has 0 N–H and O–H groups in total. The van der Waals surface area contributed by atoms with Gasteiger partial charge in [0.05, 0.1) is 5.25 Å². The van der Waals surface area contributed by atoms with Crippen molar-refractivity contribution in [2.75, 3.05) is 0 Å². The third kappa shape index (κ3) is 3.58. The fraction of sp³-hybridized carbons (Fsp3) is 0.133. The molecule has 2 aromatic rings. The van der Waals surface area contributed by atoms with Gasteiger partial charge in [-0.3, -0.25) is 4.79 Å². The lowest BCUT2D eigenvalue weighted by molar-refractivity contribution is 0.0994. The van der Waals surface area contributed by atoms with Gasteiger partial charge < -0.3 is 0 Å². The first kappa shape index (κ1) is 15.0. The van der Waals surface area contributed by atoms with Crippen molar-refractivity contribution in [1.29, 1.82) is 0 Å². The van der Waals surface area contributed by atoms with E-state index >= 15 is 0 Å². The number of rotatable bonds is 4. The highest BCUT2D eigenvalue weighted by Gasteiger charge is 2.18. The number of carbonyl (C=O) groups is 1. The molecule has 1 nitrogen and oxygen atoms in total. The average molecular weight is 313 g/mol. The van der Waals surface area contributed by atoms with E-state index in [1.54, 1.807) is 31.2 Å². The van der Waals surface area contributed by atoms with Gasteiger partial charge in [-0.1, -0.05) is 11.6 Å². The van der Waals surface area contributed by atoms with Gasteiger partial charge in [0, 0.05) is 21.5 Å². The van der Waals surface area contributed by atoms with E-state index in [1.165, 1.54) is 12.1 Å². The van der Waals surface area contributed by atoms with E-state index in [0.29, 0.717) is 10.6 Å². The normalized spacial score (nSPS) is 12.2. The number of hydrogen-bond donors (Lipinski definition) is 0. The Morgan fingerprint density at radius 1 is 1.15 bits per heavy atom. The lowest BCUT2D eigenvalue weighted by atomic mass is 10.1. The van der Waals surface area contributed by atoms with Crippen molar-refractivity contribution in [2.45, 2.75) is 17.1 Å². The standard InChI is InChI=1S/C15H11ClF2OS/c1-9(15(19)10-2-4-11(16)5-3-10)20-14-7-6-12(17)8-13(14)18/h2-9H,1H3. The molecule has 0 fully saturated rings. The maximum absolute atomic E-state index is 13.5. The molecule has 2 rings (SSSR count). The molecule has 0 saturated heterocycles. The molecular weight excluding hydrogens is 302 g/mol. The van der Waals surface area contributed by atoms with Crippen molar-refractivity contribution in [2.24, 2.45) is 0 Å². The summed E-state index contributed by atoms with van der Waals surface area (Å²) in [7, 11) is 0. The largest absolute Gasteiger partial charge is 0.293 e. The van der Waals surface area contributed by atoms with Crippen LogP contribution in [0.25, 0.3) is 0 Å². The van der Waals surface area contributed by atoms with Crippen molar-refractivity contribution in [1.82, 2.24) is 0 Å². The van der Waals surface area contributed by atoms with E-state index in [1.807, 2.05) is 0 Å². The summed E-state index contributed by atoms with van der Waals surface area (Å²) in [6.07, 6.45) is 0. The molecule has 1 atom stereocenters. The summed E-state index contributed by atoms with van der Waals surface area (Å²) < 4.78 is 26.4. The Labute approximate surface area is 125 Å². The van der Waals surface area contributed by atoms with Crippen LogP contribution < -0.4 is 0 Å². The molecule has 0 aromatic heterocycles. The molecule has 0 aliphatic carbocycles. The van der Waals surface area contributed by atoms with Gasteiger partial charge >= 0.3 is 0 Å². The lowest BCUT2D eigenvalue weighted by Crippen LogP contribution is -2.13. The van der Waals surface area contributed by atoms with Crippen molar-refractivity contribution >= 4 is 29.1 Å². The Bertz CT molecular complexity index is 628. The minimum Gasteiger partial charge on any atom is -0.293 e. The second-order valence-electron chi connectivity index (χ2n) is 4.21. The van der Waals surface area contributed by atoms with Crippen LogP contribution in [-0.2, 0) is 0 Å². The van der Waals surface area contributed by atoms with Crippen molar-refractivity contribution < 1.29 is 13.6 Å². The van der Waals surface area contributed by atoms with E-state index in [2.05, 4.69) is 0 Å². The average Bonchev–Trinajstić information content (AvgIpc) is 2.42. The van der Waals surface area contributed by atoms with Gasteiger partial charge in [0.2, 0.25) is 0 Å². The first-order valence-corrected chi connectivity index (χ1v) is 7.14. The van der Waals surface area contributed by atoms with Crippen molar-refractivity contribution in [3.05, 3.63) is 64.7 Å². The molecule has 5 heteroatoms. The van der Waals surface area contributed by atoms with Crippen LogP contribution in [0.4, 0.5) is 8.78 Å². The van der Waals surface area contributed by atoms with Gasteiger partial charge in [0.15, 0.2) is 5.78 Å². The predicted octanol–water partition coefficient (Wildman–Crippen LogP) is 4.98. The maximum Gasteiger partial charge on any atom is 0.175 e. The van der Waals surface area contributed by atoms with Gasteiger partial charge in [-0.2, -0.15) is 0 Å². The summed E-state index contributed by atoms with van der Waals surface area (Å²) in [4.78, 5) is 12.4. The molecule has 20 heavy (non-hydrogen) atoms. The number of thioether (sulfide) groups is 1.